The van der Waals surface area contributed by atoms with Crippen LogP contribution in [0.3, 0.4) is 0 Å². The summed E-state index contributed by atoms with van der Waals surface area (Å²) in [5, 5.41) is 3.24. The molecule has 0 aromatic rings. The van der Waals surface area contributed by atoms with E-state index >= 15 is 0 Å². The molecule has 1 saturated carbocycles. The SMILES string of the molecule is CC(C)(CN=C(N)NCC1CCC1)C1COCC12OCCO2. The van der Waals surface area contributed by atoms with Crippen molar-refractivity contribution in [3.63, 3.8) is 0 Å². The second-order valence-electron chi connectivity index (χ2n) is 7.44. The molecule has 3 N–H and O–H groups in total. The number of rotatable bonds is 5. The van der Waals surface area contributed by atoms with Crippen molar-refractivity contribution in [2.24, 2.45) is 28.0 Å². The highest BCUT2D eigenvalue weighted by molar-refractivity contribution is 5.77. The van der Waals surface area contributed by atoms with Gasteiger partial charge in [0.25, 0.3) is 0 Å². The molecule has 2 aliphatic heterocycles. The van der Waals surface area contributed by atoms with Crippen LogP contribution in [-0.2, 0) is 14.2 Å². The third-order valence-electron chi connectivity index (χ3n) is 5.29. The minimum absolute atomic E-state index is 0.0936. The van der Waals surface area contributed by atoms with Gasteiger partial charge in [0.15, 0.2) is 11.7 Å². The Kier molecular flexibility index (Phi) is 4.61. The summed E-state index contributed by atoms with van der Waals surface area (Å²) < 4.78 is 17.4. The molecule has 22 heavy (non-hydrogen) atoms. The summed E-state index contributed by atoms with van der Waals surface area (Å²) in [6.07, 6.45) is 3.96. The number of ether oxygens (including phenoxy) is 3. The average molecular weight is 311 g/mol. The van der Waals surface area contributed by atoms with E-state index in [9.17, 15) is 0 Å². The first-order chi connectivity index (χ1) is 10.5. The van der Waals surface area contributed by atoms with Crippen LogP contribution in [-0.4, -0.2) is 51.3 Å². The molecule has 0 radical (unpaired) electrons. The summed E-state index contributed by atoms with van der Waals surface area (Å²) >= 11 is 0. The molecule has 0 aromatic heterocycles. The largest absolute Gasteiger partial charge is 0.375 e. The van der Waals surface area contributed by atoms with E-state index in [0.29, 0.717) is 38.9 Å². The van der Waals surface area contributed by atoms with Crippen molar-refractivity contribution in [3.8, 4) is 0 Å². The molecule has 6 heteroatoms. The molecule has 3 rings (SSSR count). The van der Waals surface area contributed by atoms with E-state index in [1.165, 1.54) is 19.3 Å². The number of hydrogen-bond donors (Lipinski definition) is 2. The van der Waals surface area contributed by atoms with Crippen LogP contribution in [0.5, 0.6) is 0 Å². The molecule has 1 spiro atoms. The van der Waals surface area contributed by atoms with E-state index in [1.807, 2.05) is 0 Å². The molecule has 6 nitrogen and oxygen atoms in total. The lowest BCUT2D eigenvalue weighted by Gasteiger charge is -2.38. The molecule has 3 aliphatic rings. The Morgan fingerprint density at radius 2 is 2.05 bits per heavy atom. The van der Waals surface area contributed by atoms with Gasteiger partial charge in [-0.2, -0.15) is 0 Å². The molecule has 2 saturated heterocycles. The molecule has 126 valence electrons. The van der Waals surface area contributed by atoms with Crippen molar-refractivity contribution in [1.29, 1.82) is 0 Å². The van der Waals surface area contributed by atoms with Crippen LogP contribution >= 0.6 is 0 Å². The predicted octanol–water partition coefficient (Wildman–Crippen LogP) is 1.11. The van der Waals surface area contributed by atoms with Gasteiger partial charge in [-0.1, -0.05) is 20.3 Å². The monoisotopic (exact) mass is 311 g/mol. The zero-order valence-corrected chi connectivity index (χ0v) is 13.8. The smallest absolute Gasteiger partial charge is 0.197 e. The normalized spacial score (nSPS) is 29.0. The van der Waals surface area contributed by atoms with Gasteiger partial charge in [0.1, 0.15) is 6.61 Å². The summed E-state index contributed by atoms with van der Waals surface area (Å²) in [6.45, 7) is 8.40. The van der Waals surface area contributed by atoms with Gasteiger partial charge in [0.2, 0.25) is 0 Å². The van der Waals surface area contributed by atoms with Crippen molar-refractivity contribution in [2.45, 2.75) is 38.9 Å². The van der Waals surface area contributed by atoms with Crippen LogP contribution in [0.2, 0.25) is 0 Å². The van der Waals surface area contributed by atoms with E-state index < -0.39 is 5.79 Å². The second kappa shape index (κ2) is 6.34. The fraction of sp³-hybridized carbons (Fsp3) is 0.938. The number of nitrogens with zero attached hydrogens (tertiary/aromatic N) is 1. The molecule has 3 fully saturated rings. The zero-order valence-electron chi connectivity index (χ0n) is 13.8. The van der Waals surface area contributed by atoms with Gasteiger partial charge in [0.05, 0.1) is 19.8 Å². The van der Waals surface area contributed by atoms with E-state index in [-0.39, 0.29) is 11.3 Å². The lowest BCUT2D eigenvalue weighted by Crippen LogP contribution is -2.47. The molecule has 0 bridgehead atoms. The molecule has 1 aliphatic carbocycles. The summed E-state index contributed by atoms with van der Waals surface area (Å²) in [6, 6.07) is 0. The summed E-state index contributed by atoms with van der Waals surface area (Å²) in [7, 11) is 0. The van der Waals surface area contributed by atoms with Gasteiger partial charge in [-0.3, -0.25) is 4.99 Å². The minimum Gasteiger partial charge on any atom is -0.375 e. The predicted molar refractivity (Wildman–Crippen MR) is 84.6 cm³/mol. The maximum Gasteiger partial charge on any atom is 0.197 e. The second-order valence-corrected chi connectivity index (χ2v) is 7.44. The van der Waals surface area contributed by atoms with Crippen molar-refractivity contribution < 1.29 is 14.2 Å². The first kappa shape index (κ1) is 16.0. The van der Waals surface area contributed by atoms with Gasteiger partial charge < -0.3 is 25.3 Å². The van der Waals surface area contributed by atoms with Crippen LogP contribution in [0.1, 0.15) is 33.1 Å². The Morgan fingerprint density at radius 1 is 1.32 bits per heavy atom. The van der Waals surface area contributed by atoms with E-state index in [4.69, 9.17) is 19.9 Å². The summed E-state index contributed by atoms with van der Waals surface area (Å²) in [5.41, 5.74) is 5.90. The Morgan fingerprint density at radius 3 is 2.68 bits per heavy atom. The van der Waals surface area contributed by atoms with Gasteiger partial charge >= 0.3 is 0 Å². The van der Waals surface area contributed by atoms with Gasteiger partial charge in [-0.25, -0.2) is 0 Å². The van der Waals surface area contributed by atoms with Crippen molar-refractivity contribution in [1.82, 2.24) is 5.32 Å². The topological polar surface area (TPSA) is 78.1 Å². The third-order valence-corrected chi connectivity index (χ3v) is 5.29. The third kappa shape index (κ3) is 3.24. The maximum atomic E-state index is 6.00. The van der Waals surface area contributed by atoms with Crippen molar-refractivity contribution >= 4 is 5.96 Å². The summed E-state index contributed by atoms with van der Waals surface area (Å²) in [4.78, 5) is 4.54. The number of aliphatic imine (C=N–C) groups is 1. The Balaban J connectivity index is 1.55. The Hall–Kier alpha value is -0.850. The fourth-order valence-electron chi connectivity index (χ4n) is 3.52. The highest BCUT2D eigenvalue weighted by atomic mass is 16.8. The fourth-order valence-corrected chi connectivity index (χ4v) is 3.52. The standard InChI is InChI=1S/C16H29N3O3/c1-15(2,10-19-14(17)18-8-12-4-3-5-12)13-9-20-11-16(13)21-6-7-22-16/h12-13H,3-11H2,1-2H3,(H3,17,18,19). The number of guanidine groups is 1. The van der Waals surface area contributed by atoms with Crippen LogP contribution < -0.4 is 11.1 Å². The Labute approximate surface area is 132 Å². The first-order valence-corrected chi connectivity index (χ1v) is 8.41. The molecule has 0 amide bonds. The number of hydrogen-bond acceptors (Lipinski definition) is 4. The van der Waals surface area contributed by atoms with E-state index in [0.717, 1.165) is 12.5 Å². The molecule has 0 aromatic carbocycles. The molecule has 2 heterocycles. The zero-order chi connectivity index (χ0) is 15.6. The highest BCUT2D eigenvalue weighted by Crippen LogP contribution is 2.44. The maximum absolute atomic E-state index is 6.00. The van der Waals surface area contributed by atoms with Gasteiger partial charge in [-0.05, 0) is 24.2 Å². The molecular formula is C16H29N3O3. The Bertz CT molecular complexity index is 409. The van der Waals surface area contributed by atoms with Gasteiger partial charge in [-0.15, -0.1) is 0 Å². The number of nitrogens with two attached hydrogens (primary N) is 1. The molecule has 1 atom stereocenters. The van der Waals surface area contributed by atoms with Crippen LogP contribution in [0.15, 0.2) is 4.99 Å². The first-order valence-electron chi connectivity index (χ1n) is 8.41. The van der Waals surface area contributed by atoms with Crippen molar-refractivity contribution in [2.75, 3.05) is 39.5 Å². The average Bonchev–Trinajstić information content (AvgIpc) is 3.06. The molecule has 1 unspecified atom stereocenters. The quantitative estimate of drug-likeness (QED) is 0.587. The van der Waals surface area contributed by atoms with Crippen LogP contribution in [0.25, 0.3) is 0 Å². The highest BCUT2D eigenvalue weighted by Gasteiger charge is 2.55. The lowest BCUT2D eigenvalue weighted by atomic mass is 9.75. The van der Waals surface area contributed by atoms with E-state index in [2.05, 4.69) is 24.2 Å². The molecular weight excluding hydrogens is 282 g/mol. The lowest BCUT2D eigenvalue weighted by molar-refractivity contribution is -0.196. The minimum atomic E-state index is -0.576. The van der Waals surface area contributed by atoms with Crippen molar-refractivity contribution in [3.05, 3.63) is 0 Å². The van der Waals surface area contributed by atoms with Crippen LogP contribution in [0.4, 0.5) is 0 Å². The van der Waals surface area contributed by atoms with Gasteiger partial charge in [0, 0.05) is 19.0 Å². The summed E-state index contributed by atoms with van der Waals surface area (Å²) in [5.74, 6) is 0.910. The van der Waals surface area contributed by atoms with E-state index in [1.54, 1.807) is 0 Å². The number of nitrogens with one attached hydrogen (secondary N) is 1. The van der Waals surface area contributed by atoms with Crippen LogP contribution in [0, 0.1) is 17.3 Å².